The van der Waals surface area contributed by atoms with Crippen LogP contribution in [0.25, 0.3) is 0 Å². The Morgan fingerprint density at radius 3 is 2.89 bits per heavy atom. The standard InChI is InChI=1S/C7H10O2/c1-2-7-5(8)3-4-6(7)9-7/h6H,2-4H2,1H3. The molecule has 2 heteroatoms. The summed E-state index contributed by atoms with van der Waals surface area (Å²) in [4.78, 5) is 11.0. The molecular formula is C7H10O2. The van der Waals surface area contributed by atoms with Crippen molar-refractivity contribution in [1.29, 1.82) is 0 Å². The Kier molecular flexibility index (Phi) is 0.826. The van der Waals surface area contributed by atoms with Gasteiger partial charge in [-0.15, -0.1) is 0 Å². The van der Waals surface area contributed by atoms with Gasteiger partial charge in [0.05, 0.1) is 6.10 Å². The lowest BCUT2D eigenvalue weighted by Gasteiger charge is -1.99. The van der Waals surface area contributed by atoms with Gasteiger partial charge in [0.1, 0.15) is 0 Å². The Labute approximate surface area is 54.2 Å². The number of epoxide rings is 1. The summed E-state index contributed by atoms with van der Waals surface area (Å²) >= 11 is 0. The van der Waals surface area contributed by atoms with Crippen molar-refractivity contribution in [2.45, 2.75) is 37.9 Å². The topological polar surface area (TPSA) is 29.6 Å². The number of carbonyl (C=O) groups excluding carboxylic acids is 1. The minimum atomic E-state index is -0.278. The maximum atomic E-state index is 11.0. The first-order valence-corrected chi connectivity index (χ1v) is 3.51. The first-order chi connectivity index (χ1) is 4.29. The summed E-state index contributed by atoms with van der Waals surface area (Å²) in [5, 5.41) is 0. The molecule has 2 unspecified atom stereocenters. The van der Waals surface area contributed by atoms with E-state index in [0.29, 0.717) is 11.9 Å². The van der Waals surface area contributed by atoms with Crippen LogP contribution in [0.1, 0.15) is 26.2 Å². The minimum Gasteiger partial charge on any atom is -0.358 e. The molecule has 2 aliphatic rings. The van der Waals surface area contributed by atoms with E-state index in [9.17, 15) is 4.79 Å². The van der Waals surface area contributed by atoms with Gasteiger partial charge in [-0.3, -0.25) is 4.79 Å². The van der Waals surface area contributed by atoms with Gasteiger partial charge in [-0.25, -0.2) is 0 Å². The van der Waals surface area contributed by atoms with Gasteiger partial charge in [0.2, 0.25) is 0 Å². The van der Waals surface area contributed by atoms with Crippen molar-refractivity contribution in [2.75, 3.05) is 0 Å². The van der Waals surface area contributed by atoms with Crippen molar-refractivity contribution in [3.63, 3.8) is 0 Å². The van der Waals surface area contributed by atoms with Crippen LogP contribution in [-0.2, 0) is 9.53 Å². The van der Waals surface area contributed by atoms with E-state index in [1.807, 2.05) is 6.92 Å². The lowest BCUT2D eigenvalue weighted by atomic mass is 10.0. The molecule has 0 aromatic carbocycles. The molecule has 1 aliphatic carbocycles. The summed E-state index contributed by atoms with van der Waals surface area (Å²) in [5.74, 6) is 0.329. The maximum Gasteiger partial charge on any atom is 0.167 e. The van der Waals surface area contributed by atoms with Gasteiger partial charge in [-0.2, -0.15) is 0 Å². The van der Waals surface area contributed by atoms with Gasteiger partial charge in [0.15, 0.2) is 11.4 Å². The third-order valence-corrected chi connectivity index (χ3v) is 2.45. The second kappa shape index (κ2) is 1.37. The smallest absolute Gasteiger partial charge is 0.167 e. The zero-order valence-electron chi connectivity index (χ0n) is 5.52. The number of hydrogen-bond donors (Lipinski definition) is 0. The molecule has 1 saturated heterocycles. The molecule has 1 aliphatic heterocycles. The highest BCUT2D eigenvalue weighted by molar-refractivity contribution is 5.93. The zero-order valence-corrected chi connectivity index (χ0v) is 5.52. The van der Waals surface area contributed by atoms with E-state index >= 15 is 0 Å². The van der Waals surface area contributed by atoms with E-state index in [2.05, 4.69) is 0 Å². The Balaban J connectivity index is 2.23. The molecule has 0 spiro atoms. The van der Waals surface area contributed by atoms with E-state index in [1.54, 1.807) is 0 Å². The first kappa shape index (κ1) is 5.42. The molecule has 50 valence electrons. The first-order valence-electron chi connectivity index (χ1n) is 3.51. The van der Waals surface area contributed by atoms with Crippen LogP contribution in [-0.4, -0.2) is 17.5 Å². The van der Waals surface area contributed by atoms with Crippen LogP contribution in [0.2, 0.25) is 0 Å². The molecule has 0 radical (unpaired) electrons. The molecule has 9 heavy (non-hydrogen) atoms. The number of ether oxygens (including phenoxy) is 1. The van der Waals surface area contributed by atoms with Gasteiger partial charge in [-0.1, -0.05) is 6.92 Å². The minimum absolute atomic E-state index is 0.278. The predicted molar refractivity (Wildman–Crippen MR) is 32.1 cm³/mol. The Hall–Kier alpha value is -0.370. The van der Waals surface area contributed by atoms with Crippen LogP contribution in [0.5, 0.6) is 0 Å². The quantitative estimate of drug-likeness (QED) is 0.488. The third-order valence-electron chi connectivity index (χ3n) is 2.45. The van der Waals surface area contributed by atoms with E-state index in [-0.39, 0.29) is 5.60 Å². The average molecular weight is 126 g/mol. The largest absolute Gasteiger partial charge is 0.358 e. The van der Waals surface area contributed by atoms with Crippen LogP contribution in [0.15, 0.2) is 0 Å². The highest BCUT2D eigenvalue weighted by Gasteiger charge is 2.64. The summed E-state index contributed by atoms with van der Waals surface area (Å²) in [7, 11) is 0. The summed E-state index contributed by atoms with van der Waals surface area (Å²) in [6.07, 6.45) is 2.89. The fourth-order valence-corrected chi connectivity index (χ4v) is 1.74. The summed E-state index contributed by atoms with van der Waals surface area (Å²) in [6.45, 7) is 2.02. The van der Waals surface area contributed by atoms with Crippen LogP contribution in [0.4, 0.5) is 0 Å². The normalized spacial score (nSPS) is 47.2. The van der Waals surface area contributed by atoms with Crippen molar-refractivity contribution in [1.82, 2.24) is 0 Å². The number of ketones is 1. The second-order valence-electron chi connectivity index (χ2n) is 2.81. The van der Waals surface area contributed by atoms with Gasteiger partial charge in [0.25, 0.3) is 0 Å². The number of Topliss-reactive ketones (excluding diaryl/α,β-unsaturated/α-hetero) is 1. The molecule has 2 atom stereocenters. The van der Waals surface area contributed by atoms with Gasteiger partial charge >= 0.3 is 0 Å². The number of carbonyl (C=O) groups is 1. The van der Waals surface area contributed by atoms with Crippen LogP contribution in [0.3, 0.4) is 0 Å². The zero-order chi connectivity index (χ0) is 6.48. The Morgan fingerprint density at radius 1 is 1.89 bits per heavy atom. The van der Waals surface area contributed by atoms with Crippen molar-refractivity contribution in [3.8, 4) is 0 Å². The van der Waals surface area contributed by atoms with E-state index < -0.39 is 0 Å². The van der Waals surface area contributed by atoms with Crippen molar-refractivity contribution in [2.24, 2.45) is 0 Å². The van der Waals surface area contributed by atoms with Crippen molar-refractivity contribution < 1.29 is 9.53 Å². The number of hydrogen-bond acceptors (Lipinski definition) is 2. The summed E-state index contributed by atoms with van der Waals surface area (Å²) < 4.78 is 5.25. The third kappa shape index (κ3) is 0.472. The van der Waals surface area contributed by atoms with Gasteiger partial charge < -0.3 is 4.74 Å². The second-order valence-corrected chi connectivity index (χ2v) is 2.81. The maximum absolute atomic E-state index is 11.0. The van der Waals surface area contributed by atoms with E-state index in [1.165, 1.54) is 0 Å². The molecular weight excluding hydrogens is 116 g/mol. The van der Waals surface area contributed by atoms with Crippen molar-refractivity contribution >= 4 is 5.78 Å². The Morgan fingerprint density at radius 2 is 2.67 bits per heavy atom. The van der Waals surface area contributed by atoms with Crippen LogP contribution >= 0.6 is 0 Å². The molecule has 2 nitrogen and oxygen atoms in total. The molecule has 0 aromatic rings. The number of fused-ring (bicyclic) bond motifs is 1. The highest BCUT2D eigenvalue weighted by atomic mass is 16.6. The summed E-state index contributed by atoms with van der Waals surface area (Å²) in [5.41, 5.74) is -0.278. The fourth-order valence-electron chi connectivity index (χ4n) is 1.74. The molecule has 2 fully saturated rings. The Bertz CT molecular complexity index is 160. The fraction of sp³-hybridized carbons (Fsp3) is 0.857. The van der Waals surface area contributed by atoms with Crippen LogP contribution in [0, 0.1) is 0 Å². The van der Waals surface area contributed by atoms with E-state index in [0.717, 1.165) is 19.3 Å². The molecule has 0 N–H and O–H groups in total. The molecule has 0 aromatic heterocycles. The van der Waals surface area contributed by atoms with E-state index in [4.69, 9.17) is 4.74 Å². The van der Waals surface area contributed by atoms with Gasteiger partial charge in [0, 0.05) is 6.42 Å². The molecule has 1 saturated carbocycles. The summed E-state index contributed by atoms with van der Waals surface area (Å²) in [6, 6.07) is 0. The van der Waals surface area contributed by atoms with Gasteiger partial charge in [-0.05, 0) is 12.8 Å². The molecule has 0 amide bonds. The molecule has 0 bridgehead atoms. The average Bonchev–Trinajstić information content (AvgIpc) is 2.52. The monoisotopic (exact) mass is 126 g/mol. The lowest BCUT2D eigenvalue weighted by molar-refractivity contribution is -0.123. The molecule has 1 heterocycles. The molecule has 2 rings (SSSR count). The highest BCUT2D eigenvalue weighted by Crippen LogP contribution is 2.49. The van der Waals surface area contributed by atoms with Crippen LogP contribution < -0.4 is 0 Å². The number of rotatable bonds is 1. The predicted octanol–water partition coefficient (Wildman–Crippen LogP) is 0.897. The lowest BCUT2D eigenvalue weighted by Crippen LogP contribution is -2.19. The SMILES string of the molecule is CCC12OC1CCC2=O. The van der Waals surface area contributed by atoms with Crippen molar-refractivity contribution in [3.05, 3.63) is 0 Å².